The average Bonchev–Trinajstić information content (AvgIpc) is 3.63. The van der Waals surface area contributed by atoms with Crippen molar-refractivity contribution in [3.63, 3.8) is 0 Å². The number of hydrogen-bond acceptors (Lipinski definition) is 2. The van der Waals surface area contributed by atoms with Crippen LogP contribution < -0.4 is 0 Å². The zero-order chi connectivity index (χ0) is 36.2. The van der Waals surface area contributed by atoms with Crippen LogP contribution in [0.2, 0.25) is 0 Å². The minimum atomic E-state index is -0.162. The molecule has 0 saturated heterocycles. The van der Waals surface area contributed by atoms with E-state index in [-0.39, 0.29) is 10.8 Å². The minimum absolute atomic E-state index is 0.162. The predicted octanol–water partition coefficient (Wildman–Crippen LogP) is 13.3. The molecule has 14 rings (SSSR count). The summed E-state index contributed by atoms with van der Waals surface area (Å²) in [7, 11) is 0. The fourth-order valence-corrected chi connectivity index (χ4v) is 13.2. The van der Waals surface area contributed by atoms with E-state index in [1.807, 2.05) is 0 Å². The van der Waals surface area contributed by atoms with Gasteiger partial charge >= 0.3 is 0 Å². The third-order valence-electron chi connectivity index (χ3n) is 15.2. The van der Waals surface area contributed by atoms with Crippen molar-refractivity contribution in [2.24, 2.45) is 23.7 Å². The van der Waals surface area contributed by atoms with Crippen molar-refractivity contribution in [2.75, 3.05) is 0 Å². The molecule has 2 nitrogen and oxygen atoms in total. The lowest BCUT2D eigenvalue weighted by Crippen LogP contribution is -2.55. The van der Waals surface area contributed by atoms with Gasteiger partial charge in [-0.2, -0.15) is 0 Å². The zero-order valence-corrected chi connectivity index (χ0v) is 31.4. The summed E-state index contributed by atoms with van der Waals surface area (Å²) in [6.45, 7) is 4.88. The second-order valence-electron chi connectivity index (χ2n) is 18.1. The highest BCUT2D eigenvalue weighted by Crippen LogP contribution is 2.70. The molecule has 1 spiro atoms. The van der Waals surface area contributed by atoms with Gasteiger partial charge in [0.15, 0.2) is 0 Å². The Morgan fingerprint density at radius 3 is 1.60 bits per heavy atom. The van der Waals surface area contributed by atoms with Crippen molar-refractivity contribution >= 4 is 32.6 Å². The van der Waals surface area contributed by atoms with Crippen LogP contribution in [-0.4, -0.2) is 9.97 Å². The van der Waals surface area contributed by atoms with Crippen LogP contribution in [0.5, 0.6) is 0 Å². The van der Waals surface area contributed by atoms with Crippen molar-refractivity contribution in [3.05, 3.63) is 156 Å². The molecule has 4 saturated carbocycles. The monoisotopic (exact) mass is 706 g/mol. The van der Waals surface area contributed by atoms with Crippen molar-refractivity contribution < 1.29 is 0 Å². The Hall–Kier alpha value is -5.60. The van der Waals surface area contributed by atoms with E-state index in [0.717, 1.165) is 68.0 Å². The van der Waals surface area contributed by atoms with E-state index in [9.17, 15) is 0 Å². The fraction of sp³-hybridized carbons (Fsp3) is 0.245. The Labute approximate surface area is 322 Å². The fourth-order valence-electron chi connectivity index (χ4n) is 13.2. The van der Waals surface area contributed by atoms with Gasteiger partial charge in [-0.3, -0.25) is 0 Å². The van der Waals surface area contributed by atoms with Gasteiger partial charge in [-0.15, -0.1) is 0 Å². The molecule has 6 aliphatic carbocycles. The minimum Gasteiger partial charge on any atom is -0.243 e. The van der Waals surface area contributed by atoms with Gasteiger partial charge in [0.25, 0.3) is 0 Å². The first-order valence-corrected chi connectivity index (χ1v) is 20.6. The molecule has 0 unspecified atom stereocenters. The van der Waals surface area contributed by atoms with E-state index in [4.69, 9.17) is 9.97 Å². The second-order valence-corrected chi connectivity index (χ2v) is 18.1. The zero-order valence-electron chi connectivity index (χ0n) is 31.4. The Balaban J connectivity index is 1.03. The van der Waals surface area contributed by atoms with Crippen LogP contribution in [0, 0.1) is 23.7 Å². The molecule has 8 aromatic rings. The second kappa shape index (κ2) is 10.6. The Morgan fingerprint density at radius 1 is 0.418 bits per heavy atom. The lowest BCUT2D eigenvalue weighted by Gasteiger charge is -2.61. The lowest BCUT2D eigenvalue weighted by molar-refractivity contribution is -0.0399. The summed E-state index contributed by atoms with van der Waals surface area (Å²) in [4.78, 5) is 11.2. The van der Waals surface area contributed by atoms with E-state index in [0.29, 0.717) is 0 Å². The van der Waals surface area contributed by atoms with Crippen molar-refractivity contribution in [1.82, 2.24) is 9.97 Å². The molecular weight excluding hydrogens is 665 g/mol. The van der Waals surface area contributed by atoms with E-state index < -0.39 is 0 Å². The average molecular weight is 707 g/mol. The molecule has 0 N–H and O–H groups in total. The normalized spacial score (nSPS) is 24.8. The van der Waals surface area contributed by atoms with Gasteiger partial charge in [0.2, 0.25) is 0 Å². The van der Waals surface area contributed by atoms with Crippen LogP contribution >= 0.6 is 0 Å². The molecule has 1 aromatic heterocycles. The molecule has 4 fully saturated rings. The highest BCUT2D eigenvalue weighted by Gasteiger charge is 2.62. The Morgan fingerprint density at radius 2 is 0.927 bits per heavy atom. The van der Waals surface area contributed by atoms with Gasteiger partial charge in [0.05, 0.1) is 22.4 Å². The van der Waals surface area contributed by atoms with Crippen LogP contribution in [0.1, 0.15) is 68.2 Å². The van der Waals surface area contributed by atoms with Crippen LogP contribution in [0.25, 0.3) is 77.3 Å². The van der Waals surface area contributed by atoms with Crippen molar-refractivity contribution in [2.45, 2.75) is 56.8 Å². The first-order valence-electron chi connectivity index (χ1n) is 20.6. The summed E-state index contributed by atoms with van der Waals surface area (Å²) in [5, 5.41) is 4.72. The van der Waals surface area contributed by atoms with E-state index in [1.165, 1.54) is 76.3 Å². The number of benzene rings is 7. The molecule has 1 heterocycles. The summed E-state index contributed by atoms with van der Waals surface area (Å²) in [5.41, 5.74) is 18.0. The van der Waals surface area contributed by atoms with E-state index in [2.05, 4.69) is 147 Å². The van der Waals surface area contributed by atoms with Gasteiger partial charge in [-0.25, -0.2) is 9.97 Å². The van der Waals surface area contributed by atoms with E-state index in [1.54, 1.807) is 11.1 Å². The SMILES string of the molecule is CC1(C)c2cc(-c3nc4c5ccccc5c5ccccc5c4nc3-c3ccccc3)ccc2-c2cc3c(cc21)-c1ccccc1C31C2CC3CC(C2)CC1C3. The first-order chi connectivity index (χ1) is 27.0. The summed E-state index contributed by atoms with van der Waals surface area (Å²) < 4.78 is 0. The number of hydrogen-bond donors (Lipinski definition) is 0. The van der Waals surface area contributed by atoms with Gasteiger partial charge in [-0.1, -0.05) is 129 Å². The molecule has 0 amide bonds. The molecule has 0 aliphatic heterocycles. The topological polar surface area (TPSA) is 25.8 Å². The maximum atomic E-state index is 5.63. The molecule has 0 radical (unpaired) electrons. The first kappa shape index (κ1) is 30.7. The van der Waals surface area contributed by atoms with Gasteiger partial charge in [0.1, 0.15) is 0 Å². The van der Waals surface area contributed by atoms with E-state index >= 15 is 0 Å². The lowest BCUT2D eigenvalue weighted by atomic mass is 9.43. The summed E-state index contributed by atoms with van der Waals surface area (Å²) in [6, 6.07) is 50.1. The summed E-state index contributed by atoms with van der Waals surface area (Å²) in [5.74, 6) is 3.40. The third kappa shape index (κ3) is 3.86. The van der Waals surface area contributed by atoms with Crippen molar-refractivity contribution in [3.8, 4) is 44.8 Å². The number of rotatable bonds is 2. The molecule has 55 heavy (non-hydrogen) atoms. The smallest absolute Gasteiger partial charge is 0.0979 e. The van der Waals surface area contributed by atoms with Gasteiger partial charge in [-0.05, 0) is 129 Å². The Kier molecular flexibility index (Phi) is 5.90. The number of aromatic nitrogens is 2. The maximum Gasteiger partial charge on any atom is 0.0979 e. The highest BCUT2D eigenvalue weighted by atomic mass is 14.8. The highest BCUT2D eigenvalue weighted by molar-refractivity contribution is 6.23. The molecule has 0 atom stereocenters. The molecule has 7 aromatic carbocycles. The summed E-state index contributed by atoms with van der Waals surface area (Å²) >= 11 is 0. The number of fused-ring (bicyclic) bond motifs is 12. The molecular formula is C53H42N2. The third-order valence-corrected chi connectivity index (χ3v) is 15.2. The standard InChI is InChI=1S/C53H42N2/c1-52(2)45-27-33(49-48(32-12-4-3-5-13-32)54-50-40-17-8-6-14-36(40)37-15-7-9-18-41(37)51(50)55-49)20-21-39(45)42-29-47-43(28-46(42)52)38-16-10-11-19-44(38)53(47)34-23-30-22-31(25-34)26-35(53)24-30/h3-21,27-31,34-35H,22-26H2,1-2H3. The van der Waals surface area contributed by atoms with Crippen LogP contribution in [0.3, 0.4) is 0 Å². The van der Waals surface area contributed by atoms with Crippen molar-refractivity contribution in [1.29, 1.82) is 0 Å². The van der Waals surface area contributed by atoms with Gasteiger partial charge in [0, 0.05) is 32.7 Å². The molecule has 4 bridgehead atoms. The molecule has 264 valence electrons. The van der Waals surface area contributed by atoms with Crippen LogP contribution in [-0.2, 0) is 10.8 Å². The molecule has 2 heteroatoms. The van der Waals surface area contributed by atoms with Gasteiger partial charge < -0.3 is 0 Å². The Bertz CT molecular complexity index is 2940. The number of nitrogens with zero attached hydrogens (tertiary/aromatic N) is 2. The summed E-state index contributed by atoms with van der Waals surface area (Å²) in [6.07, 6.45) is 7.11. The molecule has 6 aliphatic rings. The predicted molar refractivity (Wildman–Crippen MR) is 226 cm³/mol. The van der Waals surface area contributed by atoms with Crippen LogP contribution in [0.15, 0.2) is 133 Å². The quantitative estimate of drug-likeness (QED) is 0.167. The maximum absolute atomic E-state index is 5.63. The largest absolute Gasteiger partial charge is 0.243 e. The van der Waals surface area contributed by atoms with Crippen LogP contribution in [0.4, 0.5) is 0 Å².